The lowest BCUT2D eigenvalue weighted by atomic mass is 10.0. The number of para-hydroxylation sites is 1. The van der Waals surface area contributed by atoms with E-state index in [1.54, 1.807) is 12.1 Å². The highest BCUT2D eigenvalue weighted by molar-refractivity contribution is 8.00. The highest BCUT2D eigenvalue weighted by atomic mass is 32.2. The first kappa shape index (κ1) is 21.6. The van der Waals surface area contributed by atoms with Gasteiger partial charge < -0.3 is 10.2 Å². The van der Waals surface area contributed by atoms with Crippen molar-refractivity contribution >= 4 is 40.6 Å². The second kappa shape index (κ2) is 9.65. The summed E-state index contributed by atoms with van der Waals surface area (Å²) in [5.41, 5.74) is 3.10. The number of fused-ring (bicyclic) bond motifs is 1. The van der Waals surface area contributed by atoms with Crippen LogP contribution in [0.1, 0.15) is 22.3 Å². The molecule has 162 valence electrons. The molecule has 2 amide bonds. The lowest BCUT2D eigenvalue weighted by molar-refractivity contribution is -0.384. The number of thioether (sulfide) groups is 1. The maximum absolute atomic E-state index is 12.8. The van der Waals surface area contributed by atoms with Gasteiger partial charge in [0.05, 0.1) is 10.7 Å². The van der Waals surface area contributed by atoms with Crippen LogP contribution in [0.25, 0.3) is 0 Å². The van der Waals surface area contributed by atoms with Gasteiger partial charge in [-0.2, -0.15) is 0 Å². The molecule has 32 heavy (non-hydrogen) atoms. The molecule has 0 atom stereocenters. The van der Waals surface area contributed by atoms with Crippen molar-refractivity contribution in [3.05, 3.63) is 94.0 Å². The zero-order valence-corrected chi connectivity index (χ0v) is 18.0. The largest absolute Gasteiger partial charge is 0.322 e. The van der Waals surface area contributed by atoms with Gasteiger partial charge in [-0.25, -0.2) is 0 Å². The molecule has 1 heterocycles. The number of nitro groups is 1. The number of rotatable bonds is 6. The monoisotopic (exact) mass is 447 g/mol. The zero-order valence-electron chi connectivity index (χ0n) is 17.2. The second-order valence-electron chi connectivity index (χ2n) is 7.35. The van der Waals surface area contributed by atoms with E-state index in [0.717, 1.165) is 30.0 Å². The SMILES string of the molecule is O=C(Nc1ccc(SCC(=O)N2CCCc3ccccc32)cc1)c1ccc([N+](=O)[O-])cc1. The van der Waals surface area contributed by atoms with Crippen molar-refractivity contribution in [2.24, 2.45) is 0 Å². The van der Waals surface area contributed by atoms with Crippen LogP contribution in [0.4, 0.5) is 17.1 Å². The van der Waals surface area contributed by atoms with Crippen molar-refractivity contribution < 1.29 is 14.5 Å². The Morgan fingerprint density at radius 1 is 1.00 bits per heavy atom. The fourth-order valence-corrected chi connectivity index (χ4v) is 4.36. The smallest absolute Gasteiger partial charge is 0.269 e. The molecule has 0 aromatic heterocycles. The molecule has 0 unspecified atom stereocenters. The van der Waals surface area contributed by atoms with E-state index >= 15 is 0 Å². The van der Waals surface area contributed by atoms with E-state index in [4.69, 9.17) is 0 Å². The van der Waals surface area contributed by atoms with E-state index in [9.17, 15) is 19.7 Å². The molecule has 4 rings (SSSR count). The first-order valence-corrected chi connectivity index (χ1v) is 11.2. The van der Waals surface area contributed by atoms with E-state index in [1.807, 2.05) is 35.2 Å². The van der Waals surface area contributed by atoms with Gasteiger partial charge in [0.25, 0.3) is 11.6 Å². The molecule has 0 radical (unpaired) electrons. The molecular weight excluding hydrogens is 426 g/mol. The summed E-state index contributed by atoms with van der Waals surface area (Å²) in [5.74, 6) is 0.0694. The van der Waals surface area contributed by atoms with Gasteiger partial charge in [0.2, 0.25) is 5.91 Å². The summed E-state index contributed by atoms with van der Waals surface area (Å²) >= 11 is 1.46. The van der Waals surface area contributed by atoms with Gasteiger partial charge in [-0.3, -0.25) is 19.7 Å². The Labute approximate surface area is 189 Å². The molecular formula is C24H21N3O4S. The van der Waals surface area contributed by atoms with Crippen LogP contribution in [0.15, 0.2) is 77.7 Å². The minimum absolute atomic E-state index is 0.0643. The molecule has 0 spiro atoms. The van der Waals surface area contributed by atoms with Gasteiger partial charge in [-0.05, 0) is 60.9 Å². The first-order chi connectivity index (χ1) is 15.5. The summed E-state index contributed by atoms with van der Waals surface area (Å²) in [6.45, 7) is 0.740. The van der Waals surface area contributed by atoms with Gasteiger partial charge in [-0.1, -0.05) is 18.2 Å². The minimum atomic E-state index is -0.507. The van der Waals surface area contributed by atoms with Crippen LogP contribution >= 0.6 is 11.8 Å². The minimum Gasteiger partial charge on any atom is -0.322 e. The van der Waals surface area contributed by atoms with Crippen LogP contribution in [0.5, 0.6) is 0 Å². The standard InChI is InChI=1S/C24H21N3O4S/c28-23(26-15-3-5-17-4-1-2-6-22(17)26)16-32-21-13-9-19(10-14-21)25-24(29)18-7-11-20(12-8-18)27(30)31/h1-2,4,6-14H,3,5,15-16H2,(H,25,29). The Hall–Kier alpha value is -3.65. The molecule has 0 bridgehead atoms. The predicted molar refractivity (Wildman–Crippen MR) is 125 cm³/mol. The third-order valence-corrected chi connectivity index (χ3v) is 6.22. The third kappa shape index (κ3) is 4.97. The number of hydrogen-bond acceptors (Lipinski definition) is 5. The van der Waals surface area contributed by atoms with Crippen LogP contribution in [-0.2, 0) is 11.2 Å². The fraction of sp³-hybridized carbons (Fsp3) is 0.167. The number of nitro benzene ring substituents is 1. The van der Waals surface area contributed by atoms with Gasteiger partial charge in [0.1, 0.15) is 0 Å². The third-order valence-electron chi connectivity index (χ3n) is 5.23. The zero-order chi connectivity index (χ0) is 22.5. The van der Waals surface area contributed by atoms with Gasteiger partial charge in [-0.15, -0.1) is 11.8 Å². The molecule has 0 saturated carbocycles. The predicted octanol–water partition coefficient (Wildman–Crippen LogP) is 4.92. The summed E-state index contributed by atoms with van der Waals surface area (Å²) in [5, 5.41) is 13.5. The first-order valence-electron chi connectivity index (χ1n) is 10.2. The molecule has 8 heteroatoms. The quantitative estimate of drug-likeness (QED) is 0.329. The molecule has 3 aromatic rings. The molecule has 1 aliphatic rings. The molecule has 0 fully saturated rings. The number of non-ortho nitro benzene ring substituents is 1. The average Bonchev–Trinajstić information content (AvgIpc) is 2.83. The van der Waals surface area contributed by atoms with Crippen molar-refractivity contribution in [3.63, 3.8) is 0 Å². The van der Waals surface area contributed by atoms with E-state index in [1.165, 1.54) is 41.6 Å². The number of nitrogens with zero attached hydrogens (tertiary/aromatic N) is 2. The van der Waals surface area contributed by atoms with Crippen molar-refractivity contribution in [1.29, 1.82) is 0 Å². The normalized spacial score (nSPS) is 12.7. The lowest BCUT2D eigenvalue weighted by Crippen LogP contribution is -2.36. The number of benzene rings is 3. The average molecular weight is 448 g/mol. The van der Waals surface area contributed by atoms with Crippen molar-refractivity contribution in [2.45, 2.75) is 17.7 Å². The number of anilines is 2. The van der Waals surface area contributed by atoms with Gasteiger partial charge >= 0.3 is 0 Å². The molecule has 0 aliphatic carbocycles. The summed E-state index contributed by atoms with van der Waals surface area (Å²) < 4.78 is 0. The topological polar surface area (TPSA) is 92.6 Å². The highest BCUT2D eigenvalue weighted by Crippen LogP contribution is 2.28. The van der Waals surface area contributed by atoms with E-state index in [2.05, 4.69) is 11.4 Å². The van der Waals surface area contributed by atoms with Crippen LogP contribution in [0, 0.1) is 10.1 Å². The van der Waals surface area contributed by atoms with Crippen LogP contribution < -0.4 is 10.2 Å². The maximum Gasteiger partial charge on any atom is 0.269 e. The Morgan fingerprint density at radius 3 is 2.44 bits per heavy atom. The summed E-state index contributed by atoms with van der Waals surface area (Å²) in [7, 11) is 0. The molecule has 1 aliphatic heterocycles. The van der Waals surface area contributed by atoms with E-state index in [0.29, 0.717) is 17.0 Å². The summed E-state index contributed by atoms with van der Waals surface area (Å²) in [4.78, 5) is 38.1. The van der Waals surface area contributed by atoms with Crippen LogP contribution in [-0.4, -0.2) is 29.0 Å². The Bertz CT molecular complexity index is 1150. The van der Waals surface area contributed by atoms with E-state index in [-0.39, 0.29) is 17.5 Å². The van der Waals surface area contributed by atoms with Crippen molar-refractivity contribution in [2.75, 3.05) is 22.5 Å². The Morgan fingerprint density at radius 2 is 1.72 bits per heavy atom. The number of carbonyl (C=O) groups excluding carboxylic acids is 2. The number of carbonyl (C=O) groups is 2. The van der Waals surface area contributed by atoms with Gasteiger partial charge in [0, 0.05) is 40.5 Å². The molecule has 3 aromatic carbocycles. The number of hydrogen-bond donors (Lipinski definition) is 1. The number of nitrogens with one attached hydrogen (secondary N) is 1. The Balaban J connectivity index is 1.33. The number of aryl methyl sites for hydroxylation is 1. The lowest BCUT2D eigenvalue weighted by Gasteiger charge is -2.29. The van der Waals surface area contributed by atoms with Crippen LogP contribution in [0.2, 0.25) is 0 Å². The van der Waals surface area contributed by atoms with Gasteiger partial charge in [0.15, 0.2) is 0 Å². The summed E-state index contributed by atoms with van der Waals surface area (Å²) in [6, 6.07) is 20.7. The second-order valence-corrected chi connectivity index (χ2v) is 8.40. The van der Waals surface area contributed by atoms with Crippen molar-refractivity contribution in [3.8, 4) is 0 Å². The number of amides is 2. The van der Waals surface area contributed by atoms with E-state index < -0.39 is 4.92 Å². The van der Waals surface area contributed by atoms with Crippen LogP contribution in [0.3, 0.4) is 0 Å². The molecule has 7 nitrogen and oxygen atoms in total. The molecule has 1 N–H and O–H groups in total. The Kier molecular flexibility index (Phi) is 6.51. The summed E-state index contributed by atoms with van der Waals surface area (Å²) in [6.07, 6.45) is 1.97. The maximum atomic E-state index is 12.8. The fourth-order valence-electron chi connectivity index (χ4n) is 3.59. The van der Waals surface area contributed by atoms with Crippen molar-refractivity contribution in [1.82, 2.24) is 0 Å². The molecule has 0 saturated heterocycles. The highest BCUT2D eigenvalue weighted by Gasteiger charge is 2.22.